The van der Waals surface area contributed by atoms with Gasteiger partial charge in [-0.25, -0.2) is 0 Å². The standard InChI is InChI=1S/C17H30N2O/c1-5-16(19(4)13-14-20-7-3)17(18-6-2)15-11-9-8-10-12-15/h8-12,16-18H,5-7,13-14H2,1-4H3. The predicted molar refractivity (Wildman–Crippen MR) is 86.1 cm³/mol. The van der Waals surface area contributed by atoms with Crippen molar-refractivity contribution in [2.45, 2.75) is 39.3 Å². The van der Waals surface area contributed by atoms with Crippen LogP contribution in [0.1, 0.15) is 38.8 Å². The minimum absolute atomic E-state index is 0.373. The zero-order valence-electron chi connectivity index (χ0n) is 13.4. The Morgan fingerprint density at radius 2 is 1.85 bits per heavy atom. The second-order valence-electron chi connectivity index (χ2n) is 5.10. The topological polar surface area (TPSA) is 24.5 Å². The van der Waals surface area contributed by atoms with Gasteiger partial charge in [-0.1, -0.05) is 44.2 Å². The maximum absolute atomic E-state index is 5.48. The predicted octanol–water partition coefficient (Wildman–Crippen LogP) is 3.08. The number of rotatable bonds is 10. The number of hydrogen-bond acceptors (Lipinski definition) is 3. The SMILES string of the molecule is CCNC(c1ccccc1)C(CC)N(C)CCOCC. The summed E-state index contributed by atoms with van der Waals surface area (Å²) in [6.07, 6.45) is 1.12. The summed E-state index contributed by atoms with van der Waals surface area (Å²) in [5.41, 5.74) is 1.37. The van der Waals surface area contributed by atoms with Crippen LogP contribution in [0.4, 0.5) is 0 Å². The van der Waals surface area contributed by atoms with Gasteiger partial charge in [0.15, 0.2) is 0 Å². The Morgan fingerprint density at radius 3 is 2.40 bits per heavy atom. The van der Waals surface area contributed by atoms with Crippen molar-refractivity contribution in [2.75, 3.05) is 33.4 Å². The van der Waals surface area contributed by atoms with Gasteiger partial charge in [0.1, 0.15) is 0 Å². The molecule has 3 heteroatoms. The lowest BCUT2D eigenvalue weighted by molar-refractivity contribution is 0.0957. The highest BCUT2D eigenvalue weighted by molar-refractivity contribution is 5.20. The number of ether oxygens (including phenoxy) is 1. The normalized spacial score (nSPS) is 14.4. The van der Waals surface area contributed by atoms with Crippen molar-refractivity contribution in [3.63, 3.8) is 0 Å². The number of likely N-dealkylation sites (N-methyl/N-ethyl adjacent to an activating group) is 2. The van der Waals surface area contributed by atoms with E-state index in [1.54, 1.807) is 0 Å². The molecule has 1 aromatic rings. The van der Waals surface area contributed by atoms with E-state index in [0.29, 0.717) is 12.1 Å². The molecule has 2 unspecified atom stereocenters. The average Bonchev–Trinajstić information content (AvgIpc) is 2.48. The number of nitrogens with one attached hydrogen (secondary N) is 1. The lowest BCUT2D eigenvalue weighted by Gasteiger charge is -2.35. The van der Waals surface area contributed by atoms with Crippen LogP contribution in [-0.4, -0.2) is 44.3 Å². The first kappa shape index (κ1) is 17.2. The maximum Gasteiger partial charge on any atom is 0.0593 e. The minimum Gasteiger partial charge on any atom is -0.380 e. The molecule has 0 aliphatic carbocycles. The fourth-order valence-corrected chi connectivity index (χ4v) is 2.68. The summed E-state index contributed by atoms with van der Waals surface area (Å²) in [5, 5.41) is 3.64. The van der Waals surface area contributed by atoms with E-state index in [-0.39, 0.29) is 0 Å². The lowest BCUT2D eigenvalue weighted by Crippen LogP contribution is -2.43. The Morgan fingerprint density at radius 1 is 1.15 bits per heavy atom. The summed E-state index contributed by atoms with van der Waals surface area (Å²) in [5.74, 6) is 0. The summed E-state index contributed by atoms with van der Waals surface area (Å²) in [4.78, 5) is 2.41. The molecule has 0 saturated carbocycles. The van der Waals surface area contributed by atoms with Crippen LogP contribution in [0.5, 0.6) is 0 Å². The lowest BCUT2D eigenvalue weighted by atomic mass is 9.96. The molecule has 1 N–H and O–H groups in total. The Balaban J connectivity index is 2.75. The van der Waals surface area contributed by atoms with E-state index in [1.807, 2.05) is 6.92 Å². The maximum atomic E-state index is 5.48. The van der Waals surface area contributed by atoms with Gasteiger partial charge in [-0.2, -0.15) is 0 Å². The van der Waals surface area contributed by atoms with Gasteiger partial charge in [-0.05, 0) is 32.5 Å². The van der Waals surface area contributed by atoms with Crippen LogP contribution in [0.25, 0.3) is 0 Å². The molecular weight excluding hydrogens is 248 g/mol. The van der Waals surface area contributed by atoms with Gasteiger partial charge in [0.2, 0.25) is 0 Å². The highest BCUT2D eigenvalue weighted by Gasteiger charge is 2.24. The summed E-state index contributed by atoms with van der Waals surface area (Å²) >= 11 is 0. The molecule has 3 nitrogen and oxygen atoms in total. The molecule has 2 atom stereocenters. The molecule has 0 bridgehead atoms. The molecule has 0 radical (unpaired) electrons. The van der Waals surface area contributed by atoms with Crippen LogP contribution in [0.15, 0.2) is 30.3 Å². The minimum atomic E-state index is 0.373. The van der Waals surface area contributed by atoms with Crippen molar-refractivity contribution in [1.82, 2.24) is 10.2 Å². The first-order valence-corrected chi connectivity index (χ1v) is 7.80. The first-order chi connectivity index (χ1) is 9.74. The molecule has 0 aromatic heterocycles. The summed E-state index contributed by atoms with van der Waals surface area (Å²) in [7, 11) is 2.19. The number of nitrogens with zero attached hydrogens (tertiary/aromatic N) is 1. The van der Waals surface area contributed by atoms with E-state index in [9.17, 15) is 0 Å². The Hall–Kier alpha value is -0.900. The third kappa shape index (κ3) is 5.23. The van der Waals surface area contributed by atoms with Crippen LogP contribution in [0, 0.1) is 0 Å². The fraction of sp³-hybridized carbons (Fsp3) is 0.647. The molecule has 0 amide bonds. The third-order valence-electron chi connectivity index (χ3n) is 3.74. The molecule has 114 valence electrons. The van der Waals surface area contributed by atoms with Crippen molar-refractivity contribution >= 4 is 0 Å². The van der Waals surface area contributed by atoms with Gasteiger partial charge in [-0.15, -0.1) is 0 Å². The number of hydrogen-bond donors (Lipinski definition) is 1. The van der Waals surface area contributed by atoms with Crippen LogP contribution >= 0.6 is 0 Å². The van der Waals surface area contributed by atoms with Crippen LogP contribution in [-0.2, 0) is 4.74 Å². The van der Waals surface area contributed by atoms with E-state index in [0.717, 1.165) is 32.7 Å². The van der Waals surface area contributed by atoms with Crippen molar-refractivity contribution in [3.8, 4) is 0 Å². The van der Waals surface area contributed by atoms with Crippen molar-refractivity contribution in [1.29, 1.82) is 0 Å². The van der Waals surface area contributed by atoms with Crippen molar-refractivity contribution in [2.24, 2.45) is 0 Å². The van der Waals surface area contributed by atoms with Gasteiger partial charge in [0.25, 0.3) is 0 Å². The largest absolute Gasteiger partial charge is 0.380 e. The highest BCUT2D eigenvalue weighted by Crippen LogP contribution is 2.22. The van der Waals surface area contributed by atoms with Crippen LogP contribution in [0.3, 0.4) is 0 Å². The molecular formula is C17H30N2O. The van der Waals surface area contributed by atoms with Gasteiger partial charge < -0.3 is 10.1 Å². The Labute approximate surface area is 124 Å². The quantitative estimate of drug-likeness (QED) is 0.666. The molecule has 0 fully saturated rings. The van der Waals surface area contributed by atoms with Gasteiger partial charge in [0, 0.05) is 25.2 Å². The average molecular weight is 278 g/mol. The molecule has 0 aliphatic heterocycles. The molecule has 1 aromatic carbocycles. The molecule has 0 saturated heterocycles. The fourth-order valence-electron chi connectivity index (χ4n) is 2.68. The molecule has 0 aliphatic rings. The molecule has 0 spiro atoms. The van der Waals surface area contributed by atoms with Crippen LogP contribution in [0.2, 0.25) is 0 Å². The van der Waals surface area contributed by atoms with E-state index >= 15 is 0 Å². The molecule has 1 rings (SSSR count). The summed E-state index contributed by atoms with van der Waals surface area (Å²) in [6, 6.07) is 11.6. The van der Waals surface area contributed by atoms with E-state index in [1.165, 1.54) is 5.56 Å². The smallest absolute Gasteiger partial charge is 0.0593 e. The van der Waals surface area contributed by atoms with E-state index in [4.69, 9.17) is 4.74 Å². The van der Waals surface area contributed by atoms with Gasteiger partial charge in [-0.3, -0.25) is 4.90 Å². The van der Waals surface area contributed by atoms with Crippen molar-refractivity contribution < 1.29 is 4.74 Å². The first-order valence-electron chi connectivity index (χ1n) is 7.80. The second kappa shape index (κ2) is 9.92. The Kier molecular flexibility index (Phi) is 8.51. The molecule has 0 heterocycles. The van der Waals surface area contributed by atoms with Gasteiger partial charge >= 0.3 is 0 Å². The van der Waals surface area contributed by atoms with E-state index in [2.05, 4.69) is 61.4 Å². The van der Waals surface area contributed by atoms with Crippen molar-refractivity contribution in [3.05, 3.63) is 35.9 Å². The Bertz CT molecular complexity index is 342. The third-order valence-corrected chi connectivity index (χ3v) is 3.74. The van der Waals surface area contributed by atoms with Gasteiger partial charge in [0.05, 0.1) is 6.61 Å². The van der Waals surface area contributed by atoms with Crippen LogP contribution < -0.4 is 5.32 Å². The van der Waals surface area contributed by atoms with E-state index < -0.39 is 0 Å². The highest BCUT2D eigenvalue weighted by atomic mass is 16.5. The monoisotopic (exact) mass is 278 g/mol. The second-order valence-corrected chi connectivity index (χ2v) is 5.10. The number of benzene rings is 1. The zero-order chi connectivity index (χ0) is 14.8. The summed E-state index contributed by atoms with van der Waals surface area (Å²) in [6.45, 7) is 10.0. The summed E-state index contributed by atoms with van der Waals surface area (Å²) < 4.78 is 5.48. The molecule has 20 heavy (non-hydrogen) atoms. The zero-order valence-corrected chi connectivity index (χ0v) is 13.4.